The number of hydrogen-bond acceptors (Lipinski definition) is 10. The molecule has 0 saturated carbocycles. The molecule has 1 amide bonds. The molecular formula is C37H45FN6O7S. The van der Waals surface area contributed by atoms with Gasteiger partial charge in [-0.05, 0) is 115 Å². The van der Waals surface area contributed by atoms with Crippen LogP contribution in [0, 0.1) is 5.82 Å². The molecule has 3 aromatic carbocycles. The average Bonchev–Trinajstić information content (AvgIpc) is 3.43. The maximum absolute atomic E-state index is 13.4. The van der Waals surface area contributed by atoms with Crippen LogP contribution in [0.4, 0.5) is 20.8 Å². The number of anilines is 2. The Morgan fingerprint density at radius 2 is 1.50 bits per heavy atom. The smallest absolute Gasteiger partial charge is 0.421 e. The summed E-state index contributed by atoms with van der Waals surface area (Å²) in [7, 11) is -4.25. The van der Waals surface area contributed by atoms with Crippen molar-refractivity contribution in [3.05, 3.63) is 84.2 Å². The zero-order valence-corrected chi connectivity index (χ0v) is 30.9. The summed E-state index contributed by atoms with van der Waals surface area (Å²) < 4.78 is 54.2. The maximum Gasteiger partial charge on any atom is 0.421 e. The maximum atomic E-state index is 13.4. The summed E-state index contributed by atoms with van der Waals surface area (Å²) in [5.41, 5.74) is 0.978. The number of nitrogens with one attached hydrogen (secondary N) is 3. The lowest BCUT2D eigenvalue weighted by Crippen LogP contribution is -2.50. The molecule has 1 aliphatic heterocycles. The van der Waals surface area contributed by atoms with Crippen LogP contribution >= 0.6 is 0 Å². The van der Waals surface area contributed by atoms with Gasteiger partial charge in [0.1, 0.15) is 23.1 Å². The first kappa shape index (κ1) is 38.2. The Labute approximate surface area is 302 Å². The molecule has 3 N–H and O–H groups in total. The number of piperidine rings is 1. The van der Waals surface area contributed by atoms with E-state index in [4.69, 9.17) is 9.47 Å². The SMILES string of the molecule is CC(C)(C)OC(=O)[C@H](CNC(=O)c1ccc(N2CCC(Nc3nc4ccccc4n3C(=O)OC(C)(C)C)CC2)cc1)NS(=O)(=O)c1ccc(F)cc1. The van der Waals surface area contributed by atoms with Crippen molar-refractivity contribution in [2.75, 3.05) is 29.9 Å². The number of fused-ring (bicyclic) bond motifs is 1. The molecule has 5 rings (SSSR count). The highest BCUT2D eigenvalue weighted by molar-refractivity contribution is 7.89. The van der Waals surface area contributed by atoms with E-state index in [-0.39, 0.29) is 10.9 Å². The zero-order valence-electron chi connectivity index (χ0n) is 30.1. The molecule has 1 atom stereocenters. The van der Waals surface area contributed by atoms with Crippen molar-refractivity contribution in [3.63, 3.8) is 0 Å². The zero-order chi connectivity index (χ0) is 37.8. The Morgan fingerprint density at radius 1 is 0.885 bits per heavy atom. The summed E-state index contributed by atoms with van der Waals surface area (Å²) in [4.78, 5) is 45.8. The van der Waals surface area contributed by atoms with Gasteiger partial charge in [0.2, 0.25) is 16.0 Å². The Hall–Kier alpha value is -5.02. The second-order valence-electron chi connectivity index (χ2n) is 14.6. The lowest BCUT2D eigenvalue weighted by Gasteiger charge is -2.34. The fraction of sp³-hybridized carbons (Fsp3) is 0.405. The van der Waals surface area contributed by atoms with Gasteiger partial charge in [-0.1, -0.05) is 12.1 Å². The van der Waals surface area contributed by atoms with Gasteiger partial charge in [-0.3, -0.25) is 9.59 Å². The average molecular weight is 737 g/mol. The van der Waals surface area contributed by atoms with Crippen LogP contribution in [0.3, 0.4) is 0 Å². The van der Waals surface area contributed by atoms with Crippen LogP contribution in [0.15, 0.2) is 77.7 Å². The molecule has 1 aromatic heterocycles. The monoisotopic (exact) mass is 736 g/mol. The van der Waals surface area contributed by atoms with Gasteiger partial charge >= 0.3 is 12.1 Å². The third-order valence-corrected chi connectivity index (χ3v) is 9.53. The topological polar surface area (TPSA) is 161 Å². The highest BCUT2D eigenvalue weighted by Crippen LogP contribution is 2.26. The summed E-state index contributed by atoms with van der Waals surface area (Å²) in [5.74, 6) is -1.58. The number of esters is 1. The third-order valence-electron chi connectivity index (χ3n) is 8.04. The number of nitrogens with zero attached hydrogens (tertiary/aromatic N) is 3. The number of carbonyl (C=O) groups is 3. The van der Waals surface area contributed by atoms with Crippen molar-refractivity contribution in [2.45, 2.75) is 82.6 Å². The number of ether oxygens (including phenoxy) is 2. The van der Waals surface area contributed by atoms with Gasteiger partial charge in [0.15, 0.2) is 0 Å². The normalized spacial score (nSPS) is 14.9. The second-order valence-corrected chi connectivity index (χ2v) is 16.3. The first-order chi connectivity index (χ1) is 24.4. The van der Waals surface area contributed by atoms with E-state index < -0.39 is 57.6 Å². The lowest BCUT2D eigenvalue weighted by atomic mass is 10.0. The van der Waals surface area contributed by atoms with E-state index in [0.29, 0.717) is 35.6 Å². The Kier molecular flexibility index (Phi) is 11.2. The molecule has 15 heteroatoms. The molecule has 4 aromatic rings. The van der Waals surface area contributed by atoms with Crippen LogP contribution in [0.2, 0.25) is 0 Å². The number of rotatable bonds is 10. The minimum atomic E-state index is -4.25. The number of imidazole rings is 1. The number of amides is 1. The van der Waals surface area contributed by atoms with Gasteiger partial charge in [-0.25, -0.2) is 27.2 Å². The molecule has 13 nitrogen and oxygen atoms in total. The van der Waals surface area contributed by atoms with Crippen molar-refractivity contribution in [3.8, 4) is 0 Å². The molecule has 0 radical (unpaired) electrons. The van der Waals surface area contributed by atoms with Crippen molar-refractivity contribution in [1.82, 2.24) is 19.6 Å². The Balaban J connectivity index is 1.19. The van der Waals surface area contributed by atoms with Gasteiger partial charge in [-0.15, -0.1) is 0 Å². The number of halogens is 1. The van der Waals surface area contributed by atoms with E-state index in [1.165, 1.54) is 4.57 Å². The van der Waals surface area contributed by atoms with Crippen LogP contribution in [0.25, 0.3) is 11.0 Å². The molecule has 0 unspecified atom stereocenters. The van der Waals surface area contributed by atoms with Gasteiger partial charge < -0.3 is 25.0 Å². The molecule has 278 valence electrons. The highest BCUT2D eigenvalue weighted by atomic mass is 32.2. The molecule has 0 spiro atoms. The third kappa shape index (κ3) is 9.85. The van der Waals surface area contributed by atoms with E-state index in [1.54, 1.807) is 32.9 Å². The summed E-state index contributed by atoms with van der Waals surface area (Å²) in [6.07, 6.45) is 1.02. The second kappa shape index (κ2) is 15.3. The van der Waals surface area contributed by atoms with Crippen molar-refractivity contribution in [2.24, 2.45) is 0 Å². The van der Waals surface area contributed by atoms with Crippen LogP contribution in [-0.2, 0) is 24.3 Å². The summed E-state index contributed by atoms with van der Waals surface area (Å²) in [6.45, 7) is 11.4. The molecule has 1 aliphatic rings. The fourth-order valence-electron chi connectivity index (χ4n) is 5.62. The Morgan fingerprint density at radius 3 is 2.12 bits per heavy atom. The van der Waals surface area contributed by atoms with E-state index in [9.17, 15) is 27.2 Å². The molecular weight excluding hydrogens is 692 g/mol. The predicted octanol–water partition coefficient (Wildman–Crippen LogP) is 5.46. The van der Waals surface area contributed by atoms with Crippen molar-refractivity contribution < 1.29 is 36.7 Å². The minimum Gasteiger partial charge on any atom is -0.459 e. The number of benzene rings is 3. The van der Waals surface area contributed by atoms with E-state index in [2.05, 4.69) is 25.2 Å². The standard InChI is InChI=1S/C37H45FN6O7S/c1-36(2,3)50-33(46)30(42-52(48,49)28-17-13-25(38)14-18-28)23-39-32(45)24-11-15-27(16-12-24)43-21-19-26(20-22-43)40-34-41-29-9-7-8-10-31(29)44(34)35(47)51-37(4,5)6/h7-18,26,30,42H,19-23H2,1-6H3,(H,39,45)(H,40,41)/t30-/m0/s1. The first-order valence-corrected chi connectivity index (χ1v) is 18.5. The molecule has 1 saturated heterocycles. The highest BCUT2D eigenvalue weighted by Gasteiger charge is 2.31. The molecule has 2 heterocycles. The van der Waals surface area contributed by atoms with Crippen LogP contribution < -0.4 is 20.3 Å². The van der Waals surface area contributed by atoms with Crippen LogP contribution in [0.5, 0.6) is 0 Å². The summed E-state index contributed by atoms with van der Waals surface area (Å²) in [5, 5.41) is 6.07. The summed E-state index contributed by atoms with van der Waals surface area (Å²) >= 11 is 0. The van der Waals surface area contributed by atoms with Crippen molar-refractivity contribution >= 4 is 50.7 Å². The minimum absolute atomic E-state index is 0.0534. The number of hydrogen-bond donors (Lipinski definition) is 3. The van der Waals surface area contributed by atoms with E-state index in [0.717, 1.165) is 42.8 Å². The number of aromatic nitrogens is 2. The molecule has 0 bridgehead atoms. The van der Waals surface area contributed by atoms with Crippen LogP contribution in [-0.4, -0.2) is 78.9 Å². The number of sulfonamides is 1. The Bertz CT molecular complexity index is 2010. The molecule has 52 heavy (non-hydrogen) atoms. The van der Waals surface area contributed by atoms with Crippen molar-refractivity contribution in [1.29, 1.82) is 0 Å². The fourth-order valence-corrected chi connectivity index (χ4v) is 6.80. The van der Waals surface area contributed by atoms with Gasteiger partial charge in [0.25, 0.3) is 5.91 Å². The van der Waals surface area contributed by atoms with Gasteiger partial charge in [0.05, 0.1) is 15.9 Å². The lowest BCUT2D eigenvalue weighted by molar-refractivity contribution is -0.156. The van der Waals surface area contributed by atoms with Gasteiger partial charge in [-0.2, -0.15) is 4.72 Å². The quantitative estimate of drug-likeness (QED) is 0.179. The van der Waals surface area contributed by atoms with Gasteiger partial charge in [0, 0.05) is 36.9 Å². The molecule has 1 fully saturated rings. The summed E-state index contributed by atoms with van der Waals surface area (Å²) in [6, 6.07) is 17.1. The van der Waals surface area contributed by atoms with E-state index >= 15 is 0 Å². The largest absolute Gasteiger partial charge is 0.459 e. The number of carbonyl (C=O) groups excluding carboxylic acids is 3. The molecule has 0 aliphatic carbocycles. The first-order valence-electron chi connectivity index (χ1n) is 17.0. The van der Waals surface area contributed by atoms with Crippen LogP contribution in [0.1, 0.15) is 64.7 Å². The predicted molar refractivity (Wildman–Crippen MR) is 195 cm³/mol. The van der Waals surface area contributed by atoms with E-state index in [1.807, 2.05) is 57.2 Å². The number of para-hydroxylation sites is 2.